The number of rotatable bonds is 2. The second-order valence-corrected chi connectivity index (χ2v) is 4.72. The van der Waals surface area contributed by atoms with Crippen LogP contribution in [0.15, 0.2) is 12.1 Å². The first-order chi connectivity index (χ1) is 8.02. The Kier molecular flexibility index (Phi) is 2.96. The van der Waals surface area contributed by atoms with Crippen LogP contribution in [0.1, 0.15) is 54.1 Å². The first kappa shape index (κ1) is 11.8. The van der Waals surface area contributed by atoms with Crippen molar-refractivity contribution >= 4 is 11.5 Å². The molecule has 0 bridgehead atoms. The zero-order valence-corrected chi connectivity index (χ0v) is 10.0. The Morgan fingerprint density at radius 3 is 2.59 bits per heavy atom. The van der Waals surface area contributed by atoms with E-state index in [1.807, 2.05) is 13.8 Å². The number of carbonyl (C=O) groups is 1. The number of ketones is 1. The molecule has 4 heteroatoms. The molecule has 0 N–H and O–H groups in total. The molecule has 0 saturated carbocycles. The number of carbonyl (C=O) groups excluding carboxylic acids is 1. The second-order valence-electron chi connectivity index (χ2n) is 4.72. The fourth-order valence-electron chi connectivity index (χ4n) is 2.41. The van der Waals surface area contributed by atoms with Crippen LogP contribution in [-0.2, 0) is 6.42 Å². The summed E-state index contributed by atoms with van der Waals surface area (Å²) in [5.41, 5.74) is 2.07. The van der Waals surface area contributed by atoms with E-state index >= 15 is 0 Å². The van der Waals surface area contributed by atoms with E-state index in [2.05, 4.69) is 0 Å². The SMILES string of the molecule is CC(C)c1ccc2c(c1[N+](=O)[O-])CCCC2=O. The summed E-state index contributed by atoms with van der Waals surface area (Å²) in [5.74, 6) is 0.127. The molecule has 0 amide bonds. The summed E-state index contributed by atoms with van der Waals surface area (Å²) >= 11 is 0. The molecular weight excluding hydrogens is 218 g/mol. The lowest BCUT2D eigenvalue weighted by atomic mass is 9.85. The van der Waals surface area contributed by atoms with Crippen LogP contribution in [0.3, 0.4) is 0 Å². The second kappa shape index (κ2) is 4.28. The third kappa shape index (κ3) is 1.95. The van der Waals surface area contributed by atoms with Gasteiger partial charge in [-0.25, -0.2) is 0 Å². The van der Waals surface area contributed by atoms with Gasteiger partial charge in [0.1, 0.15) is 0 Å². The van der Waals surface area contributed by atoms with Gasteiger partial charge in [0.25, 0.3) is 5.69 Å². The predicted molar refractivity (Wildman–Crippen MR) is 64.5 cm³/mol. The molecule has 1 aliphatic carbocycles. The van der Waals surface area contributed by atoms with Crippen LogP contribution in [0.2, 0.25) is 0 Å². The van der Waals surface area contributed by atoms with E-state index in [1.165, 1.54) is 0 Å². The summed E-state index contributed by atoms with van der Waals surface area (Å²) in [5, 5.41) is 11.2. The van der Waals surface area contributed by atoms with Gasteiger partial charge < -0.3 is 0 Å². The van der Waals surface area contributed by atoms with Crippen LogP contribution < -0.4 is 0 Å². The summed E-state index contributed by atoms with van der Waals surface area (Å²) in [7, 11) is 0. The summed E-state index contributed by atoms with van der Waals surface area (Å²) < 4.78 is 0. The molecule has 0 atom stereocenters. The van der Waals surface area contributed by atoms with Crippen molar-refractivity contribution in [1.82, 2.24) is 0 Å². The van der Waals surface area contributed by atoms with Gasteiger partial charge in [-0.15, -0.1) is 0 Å². The smallest absolute Gasteiger partial charge is 0.276 e. The maximum Gasteiger partial charge on any atom is 0.276 e. The predicted octanol–water partition coefficient (Wildman–Crippen LogP) is 3.24. The molecule has 2 rings (SSSR count). The lowest BCUT2D eigenvalue weighted by Crippen LogP contribution is -2.14. The highest BCUT2D eigenvalue weighted by Gasteiger charge is 2.28. The molecule has 0 fully saturated rings. The molecule has 90 valence electrons. The van der Waals surface area contributed by atoms with E-state index in [0.29, 0.717) is 30.4 Å². The number of nitro groups is 1. The van der Waals surface area contributed by atoms with E-state index in [4.69, 9.17) is 0 Å². The average Bonchev–Trinajstić information content (AvgIpc) is 2.27. The van der Waals surface area contributed by atoms with Crippen molar-refractivity contribution in [3.8, 4) is 0 Å². The van der Waals surface area contributed by atoms with Crippen molar-refractivity contribution in [2.24, 2.45) is 0 Å². The van der Waals surface area contributed by atoms with Crippen LogP contribution in [0, 0.1) is 10.1 Å². The fourth-order valence-corrected chi connectivity index (χ4v) is 2.41. The number of hydrogen-bond donors (Lipinski definition) is 0. The minimum Gasteiger partial charge on any atom is -0.294 e. The van der Waals surface area contributed by atoms with Crippen LogP contribution >= 0.6 is 0 Å². The Bertz CT molecular complexity index is 492. The van der Waals surface area contributed by atoms with Crippen molar-refractivity contribution in [3.05, 3.63) is 38.9 Å². The molecule has 1 aromatic rings. The van der Waals surface area contributed by atoms with Crippen molar-refractivity contribution in [1.29, 1.82) is 0 Å². The molecule has 4 nitrogen and oxygen atoms in total. The summed E-state index contributed by atoms with van der Waals surface area (Å²) in [4.78, 5) is 22.6. The van der Waals surface area contributed by atoms with Crippen molar-refractivity contribution < 1.29 is 9.72 Å². The van der Waals surface area contributed by atoms with Crippen molar-refractivity contribution in [3.63, 3.8) is 0 Å². The third-order valence-corrected chi connectivity index (χ3v) is 3.25. The van der Waals surface area contributed by atoms with E-state index in [1.54, 1.807) is 12.1 Å². The Balaban J connectivity index is 2.69. The molecule has 0 saturated heterocycles. The number of Topliss-reactive ketones (excluding diaryl/α,β-unsaturated/α-hetero) is 1. The van der Waals surface area contributed by atoms with Gasteiger partial charge in [-0.05, 0) is 18.8 Å². The van der Waals surface area contributed by atoms with Gasteiger partial charge in [-0.1, -0.05) is 26.0 Å². The molecule has 1 aromatic carbocycles. The average molecular weight is 233 g/mol. The Morgan fingerprint density at radius 2 is 2.00 bits per heavy atom. The van der Waals surface area contributed by atoms with E-state index in [0.717, 1.165) is 5.56 Å². The maximum absolute atomic E-state index is 11.7. The van der Waals surface area contributed by atoms with Crippen LogP contribution in [-0.4, -0.2) is 10.7 Å². The first-order valence-electron chi connectivity index (χ1n) is 5.85. The van der Waals surface area contributed by atoms with Crippen molar-refractivity contribution in [2.75, 3.05) is 0 Å². The lowest BCUT2D eigenvalue weighted by Gasteiger charge is -2.17. The highest BCUT2D eigenvalue weighted by molar-refractivity contribution is 5.99. The highest BCUT2D eigenvalue weighted by Crippen LogP contribution is 2.35. The first-order valence-corrected chi connectivity index (χ1v) is 5.85. The molecule has 0 unspecified atom stereocenters. The van der Waals surface area contributed by atoms with Gasteiger partial charge in [0.2, 0.25) is 0 Å². The zero-order valence-electron chi connectivity index (χ0n) is 10.0. The Morgan fingerprint density at radius 1 is 1.29 bits per heavy atom. The number of fused-ring (bicyclic) bond motifs is 1. The fraction of sp³-hybridized carbons (Fsp3) is 0.462. The third-order valence-electron chi connectivity index (χ3n) is 3.25. The van der Waals surface area contributed by atoms with Gasteiger partial charge in [0.15, 0.2) is 5.78 Å². The van der Waals surface area contributed by atoms with Gasteiger partial charge in [0, 0.05) is 23.1 Å². The van der Waals surface area contributed by atoms with Crippen LogP contribution in [0.5, 0.6) is 0 Å². The van der Waals surface area contributed by atoms with Gasteiger partial charge in [0.05, 0.1) is 4.92 Å². The molecule has 0 aliphatic heterocycles. The molecular formula is C13H15NO3. The Labute approximate surface area is 99.8 Å². The van der Waals surface area contributed by atoms with Crippen LogP contribution in [0.25, 0.3) is 0 Å². The van der Waals surface area contributed by atoms with E-state index in [9.17, 15) is 14.9 Å². The minimum atomic E-state index is -0.341. The molecule has 17 heavy (non-hydrogen) atoms. The normalized spacial score (nSPS) is 14.9. The van der Waals surface area contributed by atoms with Gasteiger partial charge in [-0.3, -0.25) is 14.9 Å². The zero-order chi connectivity index (χ0) is 12.6. The topological polar surface area (TPSA) is 60.2 Å². The highest BCUT2D eigenvalue weighted by atomic mass is 16.6. The summed E-state index contributed by atoms with van der Waals surface area (Å²) in [6.45, 7) is 3.86. The standard InChI is InChI=1S/C13H15NO3/c1-8(2)9-6-7-10-11(13(9)14(16)17)4-3-5-12(10)15/h6-8H,3-5H2,1-2H3. The van der Waals surface area contributed by atoms with Crippen LogP contribution in [0.4, 0.5) is 5.69 Å². The van der Waals surface area contributed by atoms with Crippen molar-refractivity contribution in [2.45, 2.75) is 39.0 Å². The minimum absolute atomic E-state index is 0.0321. The quantitative estimate of drug-likeness (QED) is 0.582. The van der Waals surface area contributed by atoms with E-state index in [-0.39, 0.29) is 22.3 Å². The van der Waals surface area contributed by atoms with Gasteiger partial charge >= 0.3 is 0 Å². The molecule has 1 aliphatic rings. The molecule has 0 spiro atoms. The molecule has 0 heterocycles. The number of nitro benzene ring substituents is 1. The largest absolute Gasteiger partial charge is 0.294 e. The van der Waals surface area contributed by atoms with E-state index < -0.39 is 0 Å². The monoisotopic (exact) mass is 233 g/mol. The number of nitrogens with zero attached hydrogens (tertiary/aromatic N) is 1. The summed E-state index contributed by atoms with van der Waals surface area (Å²) in [6, 6.07) is 3.48. The Hall–Kier alpha value is -1.71. The summed E-state index contributed by atoms with van der Waals surface area (Å²) in [6.07, 6.45) is 1.86. The lowest BCUT2D eigenvalue weighted by molar-refractivity contribution is -0.386. The van der Waals surface area contributed by atoms with Gasteiger partial charge in [-0.2, -0.15) is 0 Å². The maximum atomic E-state index is 11.7. The number of hydrogen-bond acceptors (Lipinski definition) is 3. The number of benzene rings is 1. The molecule has 0 radical (unpaired) electrons. The molecule has 0 aromatic heterocycles.